The Kier molecular flexibility index (Phi) is 5.15. The van der Waals surface area contributed by atoms with Crippen molar-refractivity contribution in [3.63, 3.8) is 0 Å². The molecule has 0 aliphatic rings. The van der Waals surface area contributed by atoms with Gasteiger partial charge in [-0.25, -0.2) is 4.98 Å². The molecule has 0 saturated heterocycles. The summed E-state index contributed by atoms with van der Waals surface area (Å²) in [6.07, 6.45) is 5.86. The molecule has 1 aromatic carbocycles. The summed E-state index contributed by atoms with van der Waals surface area (Å²) in [7, 11) is 0. The minimum atomic E-state index is -0.131. The minimum absolute atomic E-state index is 0.121. The standard InChI is InChI=1S/C16H19N3O2/c1-3-11-21-13-7-5-12(6-8-13)16(20)19-14(4-2)15-17-9-10-18-15/h3,5-10,14H,1,4,11H2,2H3,(H,17,18)(H,19,20). The van der Waals surface area contributed by atoms with E-state index in [2.05, 4.69) is 21.9 Å². The first-order valence-electron chi connectivity index (χ1n) is 6.88. The van der Waals surface area contributed by atoms with Crippen LogP contribution in [0.25, 0.3) is 0 Å². The van der Waals surface area contributed by atoms with Gasteiger partial charge in [0.15, 0.2) is 0 Å². The van der Waals surface area contributed by atoms with Gasteiger partial charge in [-0.15, -0.1) is 0 Å². The van der Waals surface area contributed by atoms with Crippen LogP contribution in [-0.2, 0) is 0 Å². The molecule has 0 spiro atoms. The lowest BCUT2D eigenvalue weighted by atomic mass is 10.1. The van der Waals surface area contributed by atoms with Crippen LogP contribution >= 0.6 is 0 Å². The van der Waals surface area contributed by atoms with Crippen molar-refractivity contribution in [3.05, 3.63) is 60.7 Å². The highest BCUT2D eigenvalue weighted by Gasteiger charge is 2.15. The highest BCUT2D eigenvalue weighted by molar-refractivity contribution is 5.94. The Morgan fingerprint density at radius 2 is 2.24 bits per heavy atom. The summed E-state index contributed by atoms with van der Waals surface area (Å²) in [6.45, 7) is 6.04. The molecule has 1 aromatic heterocycles. The molecule has 2 aromatic rings. The Bertz CT molecular complexity index is 576. The quantitative estimate of drug-likeness (QED) is 0.769. The van der Waals surface area contributed by atoms with Crippen molar-refractivity contribution in [2.24, 2.45) is 0 Å². The van der Waals surface area contributed by atoms with Gasteiger partial charge in [0.1, 0.15) is 18.2 Å². The van der Waals surface area contributed by atoms with Crippen molar-refractivity contribution in [2.75, 3.05) is 6.61 Å². The van der Waals surface area contributed by atoms with E-state index in [1.54, 1.807) is 42.7 Å². The molecule has 1 amide bonds. The smallest absolute Gasteiger partial charge is 0.251 e. The molecule has 1 unspecified atom stereocenters. The zero-order valence-electron chi connectivity index (χ0n) is 12.0. The molecular formula is C16H19N3O2. The predicted octanol–water partition coefficient (Wildman–Crippen LogP) is 2.86. The van der Waals surface area contributed by atoms with E-state index in [-0.39, 0.29) is 11.9 Å². The molecule has 0 fully saturated rings. The summed E-state index contributed by atoms with van der Waals surface area (Å²) in [6, 6.07) is 6.90. The molecule has 0 radical (unpaired) electrons. The maximum atomic E-state index is 12.2. The highest BCUT2D eigenvalue weighted by Crippen LogP contribution is 2.15. The third-order valence-electron chi connectivity index (χ3n) is 3.05. The van der Waals surface area contributed by atoms with E-state index in [4.69, 9.17) is 4.74 Å². The lowest BCUT2D eigenvalue weighted by Crippen LogP contribution is -2.28. The van der Waals surface area contributed by atoms with Crippen LogP contribution < -0.4 is 10.1 Å². The van der Waals surface area contributed by atoms with Crippen LogP contribution in [-0.4, -0.2) is 22.5 Å². The van der Waals surface area contributed by atoms with E-state index in [9.17, 15) is 4.79 Å². The second-order valence-corrected chi connectivity index (χ2v) is 4.53. The van der Waals surface area contributed by atoms with Crippen LogP contribution in [0, 0.1) is 0 Å². The molecule has 0 bridgehead atoms. The number of amides is 1. The second-order valence-electron chi connectivity index (χ2n) is 4.53. The van der Waals surface area contributed by atoms with Gasteiger partial charge in [0.05, 0.1) is 6.04 Å². The normalized spacial score (nSPS) is 11.7. The van der Waals surface area contributed by atoms with E-state index in [0.29, 0.717) is 17.9 Å². The van der Waals surface area contributed by atoms with Gasteiger partial charge in [0, 0.05) is 18.0 Å². The number of carbonyl (C=O) groups excluding carboxylic acids is 1. The number of imidazole rings is 1. The predicted molar refractivity (Wildman–Crippen MR) is 81.2 cm³/mol. The van der Waals surface area contributed by atoms with Crippen LogP contribution in [0.3, 0.4) is 0 Å². The summed E-state index contributed by atoms with van der Waals surface area (Å²) >= 11 is 0. The largest absolute Gasteiger partial charge is 0.490 e. The Hall–Kier alpha value is -2.56. The first-order valence-corrected chi connectivity index (χ1v) is 6.88. The van der Waals surface area contributed by atoms with Gasteiger partial charge in [-0.05, 0) is 30.7 Å². The molecule has 1 atom stereocenters. The third kappa shape index (κ3) is 3.95. The van der Waals surface area contributed by atoms with Crippen LogP contribution in [0.2, 0.25) is 0 Å². The lowest BCUT2D eigenvalue weighted by Gasteiger charge is -2.14. The third-order valence-corrected chi connectivity index (χ3v) is 3.05. The minimum Gasteiger partial charge on any atom is -0.490 e. The number of hydrogen-bond donors (Lipinski definition) is 2. The number of H-pyrrole nitrogens is 1. The van der Waals surface area contributed by atoms with Crippen molar-refractivity contribution in [1.82, 2.24) is 15.3 Å². The van der Waals surface area contributed by atoms with Crippen LogP contribution in [0.5, 0.6) is 5.75 Å². The lowest BCUT2D eigenvalue weighted by molar-refractivity contribution is 0.0934. The molecule has 2 N–H and O–H groups in total. The number of rotatable bonds is 7. The summed E-state index contributed by atoms with van der Waals surface area (Å²) in [4.78, 5) is 19.4. The topological polar surface area (TPSA) is 67.0 Å². The van der Waals surface area contributed by atoms with Crippen LogP contribution in [0.1, 0.15) is 35.6 Å². The van der Waals surface area contributed by atoms with Gasteiger partial charge >= 0.3 is 0 Å². The molecule has 0 aliphatic heterocycles. The number of aromatic nitrogens is 2. The SMILES string of the molecule is C=CCOc1ccc(C(=O)NC(CC)c2ncc[nH]2)cc1. The van der Waals surface area contributed by atoms with Crippen molar-refractivity contribution in [3.8, 4) is 5.75 Å². The Morgan fingerprint density at radius 3 is 2.81 bits per heavy atom. The van der Waals surface area contributed by atoms with Gasteiger partial charge in [-0.2, -0.15) is 0 Å². The molecule has 110 valence electrons. The van der Waals surface area contributed by atoms with E-state index in [1.165, 1.54) is 0 Å². The number of ether oxygens (including phenoxy) is 1. The van der Waals surface area contributed by atoms with E-state index in [1.807, 2.05) is 6.92 Å². The molecule has 5 heteroatoms. The molecule has 21 heavy (non-hydrogen) atoms. The monoisotopic (exact) mass is 285 g/mol. The number of carbonyl (C=O) groups is 1. The Labute approximate surface area is 124 Å². The molecule has 1 heterocycles. The van der Waals surface area contributed by atoms with Crippen LogP contribution in [0.4, 0.5) is 0 Å². The van der Waals surface area contributed by atoms with Crippen molar-refractivity contribution < 1.29 is 9.53 Å². The zero-order valence-corrected chi connectivity index (χ0v) is 12.0. The maximum Gasteiger partial charge on any atom is 0.251 e. The van der Waals surface area contributed by atoms with E-state index < -0.39 is 0 Å². The van der Waals surface area contributed by atoms with E-state index in [0.717, 1.165) is 12.2 Å². The zero-order chi connectivity index (χ0) is 15.1. The van der Waals surface area contributed by atoms with Crippen LogP contribution in [0.15, 0.2) is 49.3 Å². The summed E-state index contributed by atoms with van der Waals surface area (Å²) in [5.41, 5.74) is 0.589. The van der Waals surface area contributed by atoms with Gasteiger partial charge in [0.2, 0.25) is 0 Å². The molecule has 5 nitrogen and oxygen atoms in total. The average Bonchev–Trinajstić information content (AvgIpc) is 3.05. The maximum absolute atomic E-state index is 12.2. The molecule has 0 aliphatic carbocycles. The fourth-order valence-electron chi connectivity index (χ4n) is 1.93. The number of aromatic amines is 1. The average molecular weight is 285 g/mol. The molecule has 0 saturated carbocycles. The van der Waals surface area contributed by atoms with E-state index >= 15 is 0 Å². The first kappa shape index (κ1) is 14.8. The van der Waals surface area contributed by atoms with Crippen molar-refractivity contribution in [1.29, 1.82) is 0 Å². The Morgan fingerprint density at radius 1 is 1.48 bits per heavy atom. The van der Waals surface area contributed by atoms with Gasteiger partial charge in [-0.1, -0.05) is 19.6 Å². The van der Waals surface area contributed by atoms with Crippen molar-refractivity contribution >= 4 is 5.91 Å². The number of nitrogens with zero attached hydrogens (tertiary/aromatic N) is 1. The fourth-order valence-corrected chi connectivity index (χ4v) is 1.93. The second kappa shape index (κ2) is 7.28. The number of nitrogens with one attached hydrogen (secondary N) is 2. The first-order chi connectivity index (χ1) is 10.2. The summed E-state index contributed by atoms with van der Waals surface area (Å²) < 4.78 is 5.39. The van der Waals surface area contributed by atoms with Gasteiger partial charge < -0.3 is 15.0 Å². The number of hydrogen-bond acceptors (Lipinski definition) is 3. The van der Waals surface area contributed by atoms with Crippen molar-refractivity contribution in [2.45, 2.75) is 19.4 Å². The summed E-state index contributed by atoms with van der Waals surface area (Å²) in [5.74, 6) is 1.34. The molecular weight excluding hydrogens is 266 g/mol. The number of benzene rings is 1. The Balaban J connectivity index is 2.00. The highest BCUT2D eigenvalue weighted by atomic mass is 16.5. The fraction of sp³-hybridized carbons (Fsp3) is 0.250. The summed E-state index contributed by atoms with van der Waals surface area (Å²) in [5, 5.41) is 2.96. The molecule has 2 rings (SSSR count). The van der Waals surface area contributed by atoms with Gasteiger partial charge in [-0.3, -0.25) is 4.79 Å². The van der Waals surface area contributed by atoms with Gasteiger partial charge in [0.25, 0.3) is 5.91 Å².